The number of hydrogen-bond acceptors (Lipinski definition) is 6. The molecule has 0 fully saturated rings. The van der Waals surface area contributed by atoms with Gasteiger partial charge in [-0.05, 0) is 96.3 Å². The van der Waals surface area contributed by atoms with Crippen LogP contribution in [0.15, 0.2) is 85.1 Å². The molecule has 0 aromatic heterocycles. The topological polar surface area (TPSA) is 78.9 Å². The van der Waals surface area contributed by atoms with Crippen LogP contribution in [-0.4, -0.2) is 37.2 Å². The average Bonchev–Trinajstić information content (AvgIpc) is 3.49. The minimum Gasteiger partial charge on any atom is -0.462 e. The van der Waals surface area contributed by atoms with Crippen molar-refractivity contribution < 1.29 is 28.6 Å². The van der Waals surface area contributed by atoms with Crippen molar-refractivity contribution in [1.29, 1.82) is 0 Å². The highest BCUT2D eigenvalue weighted by atomic mass is 16.6. The van der Waals surface area contributed by atoms with Crippen LogP contribution in [0.4, 0.5) is 0 Å². The first-order valence-corrected chi connectivity index (χ1v) is 36.1. The summed E-state index contributed by atoms with van der Waals surface area (Å²) >= 11 is 0. The van der Waals surface area contributed by atoms with Crippen molar-refractivity contribution in [2.75, 3.05) is 13.2 Å². The zero-order chi connectivity index (χ0) is 59.9. The van der Waals surface area contributed by atoms with Gasteiger partial charge in [-0.25, -0.2) is 0 Å². The molecule has 0 amide bonds. The normalized spacial score (nSPS) is 12.6. The Morgan fingerprint density at radius 2 is 0.470 bits per heavy atom. The lowest BCUT2D eigenvalue weighted by molar-refractivity contribution is -0.167. The van der Waals surface area contributed by atoms with Crippen molar-refractivity contribution >= 4 is 17.9 Å². The summed E-state index contributed by atoms with van der Waals surface area (Å²) in [7, 11) is 0. The van der Waals surface area contributed by atoms with Gasteiger partial charge in [-0.2, -0.15) is 0 Å². The van der Waals surface area contributed by atoms with Gasteiger partial charge in [-0.15, -0.1) is 0 Å². The fraction of sp³-hybridized carbons (Fsp3) is 0.779. The molecular weight excluding hydrogens is 1020 g/mol. The lowest BCUT2D eigenvalue weighted by atomic mass is 10.0. The van der Waals surface area contributed by atoms with E-state index in [-0.39, 0.29) is 31.1 Å². The van der Waals surface area contributed by atoms with Crippen molar-refractivity contribution in [1.82, 2.24) is 0 Å². The van der Waals surface area contributed by atoms with E-state index in [9.17, 15) is 14.4 Å². The zero-order valence-corrected chi connectivity index (χ0v) is 55.2. The van der Waals surface area contributed by atoms with Crippen molar-refractivity contribution in [3.63, 3.8) is 0 Å². The third-order valence-electron chi connectivity index (χ3n) is 15.9. The SMILES string of the molecule is CC/C=C\C/C=C\C/C=C\C/C=C\C/C=C\CCCCCCCCCCCCCCCCCCCCCC(=O)OCC(COC(=O)CCCCCCCCCCCCCCCC)OC(=O)CCCCCCC/C=C\C/C=C\CCCCCC. The molecule has 0 radical (unpaired) electrons. The van der Waals surface area contributed by atoms with Crippen LogP contribution in [0, 0.1) is 0 Å². The predicted molar refractivity (Wildman–Crippen MR) is 362 cm³/mol. The number of carbonyl (C=O) groups excluding carboxylic acids is 3. The Labute approximate surface area is 515 Å². The number of unbranched alkanes of at least 4 members (excludes halogenated alkanes) is 41. The Hall–Kier alpha value is -3.41. The second kappa shape index (κ2) is 71.1. The Kier molecular flexibility index (Phi) is 68.2. The van der Waals surface area contributed by atoms with E-state index in [1.54, 1.807) is 0 Å². The summed E-state index contributed by atoms with van der Waals surface area (Å²) in [5.74, 6) is -0.867. The molecule has 0 aliphatic heterocycles. The van der Waals surface area contributed by atoms with Crippen molar-refractivity contribution in [3.05, 3.63) is 85.1 Å². The molecule has 6 nitrogen and oxygen atoms in total. The highest BCUT2D eigenvalue weighted by Gasteiger charge is 2.19. The molecule has 6 heteroatoms. The maximum atomic E-state index is 12.9. The smallest absolute Gasteiger partial charge is 0.306 e. The molecule has 1 atom stereocenters. The minimum atomic E-state index is -0.781. The molecule has 0 aliphatic carbocycles. The summed E-state index contributed by atoms with van der Waals surface area (Å²) in [6.07, 6.45) is 94.8. The van der Waals surface area contributed by atoms with E-state index in [1.165, 1.54) is 212 Å². The van der Waals surface area contributed by atoms with Crippen LogP contribution in [-0.2, 0) is 28.6 Å². The van der Waals surface area contributed by atoms with Gasteiger partial charge in [0.25, 0.3) is 0 Å². The first-order chi connectivity index (χ1) is 41.0. The summed E-state index contributed by atoms with van der Waals surface area (Å²) < 4.78 is 17.0. The molecule has 83 heavy (non-hydrogen) atoms. The number of ether oxygens (including phenoxy) is 3. The van der Waals surface area contributed by atoms with Crippen molar-refractivity contribution in [2.45, 2.75) is 374 Å². The highest BCUT2D eigenvalue weighted by molar-refractivity contribution is 5.71. The van der Waals surface area contributed by atoms with E-state index in [1.807, 2.05) is 0 Å². The van der Waals surface area contributed by atoms with Crippen LogP contribution >= 0.6 is 0 Å². The third-order valence-corrected chi connectivity index (χ3v) is 15.9. The van der Waals surface area contributed by atoms with E-state index in [4.69, 9.17) is 14.2 Å². The quantitative estimate of drug-likeness (QED) is 0.0261. The Morgan fingerprint density at radius 1 is 0.253 bits per heavy atom. The molecule has 0 saturated heterocycles. The van der Waals surface area contributed by atoms with Crippen LogP contribution in [0.1, 0.15) is 367 Å². The van der Waals surface area contributed by atoms with Gasteiger partial charge in [0, 0.05) is 19.3 Å². The first-order valence-electron chi connectivity index (χ1n) is 36.1. The van der Waals surface area contributed by atoms with Crippen LogP contribution in [0.2, 0.25) is 0 Å². The Morgan fingerprint density at radius 3 is 0.747 bits per heavy atom. The van der Waals surface area contributed by atoms with Gasteiger partial charge in [0.1, 0.15) is 13.2 Å². The molecule has 0 bridgehead atoms. The van der Waals surface area contributed by atoms with Crippen molar-refractivity contribution in [2.24, 2.45) is 0 Å². The van der Waals surface area contributed by atoms with Crippen LogP contribution in [0.25, 0.3) is 0 Å². The fourth-order valence-electron chi connectivity index (χ4n) is 10.5. The van der Waals surface area contributed by atoms with E-state index in [2.05, 4.69) is 106 Å². The molecule has 0 heterocycles. The second-order valence-corrected chi connectivity index (χ2v) is 24.1. The molecular formula is C77H136O6. The average molecular weight is 1160 g/mol. The molecule has 480 valence electrons. The van der Waals surface area contributed by atoms with Crippen LogP contribution in [0.3, 0.4) is 0 Å². The van der Waals surface area contributed by atoms with Gasteiger partial charge in [0.05, 0.1) is 0 Å². The number of hydrogen-bond donors (Lipinski definition) is 0. The monoisotopic (exact) mass is 1160 g/mol. The third kappa shape index (κ3) is 69.3. The highest BCUT2D eigenvalue weighted by Crippen LogP contribution is 2.18. The van der Waals surface area contributed by atoms with Gasteiger partial charge >= 0.3 is 17.9 Å². The molecule has 1 unspecified atom stereocenters. The van der Waals surface area contributed by atoms with Gasteiger partial charge in [-0.1, -0.05) is 337 Å². The summed E-state index contributed by atoms with van der Waals surface area (Å²) in [4.78, 5) is 38.4. The van der Waals surface area contributed by atoms with Crippen LogP contribution in [0.5, 0.6) is 0 Å². The lowest BCUT2D eigenvalue weighted by Gasteiger charge is -2.18. The van der Waals surface area contributed by atoms with E-state index >= 15 is 0 Å². The van der Waals surface area contributed by atoms with E-state index in [0.717, 1.165) is 116 Å². The maximum Gasteiger partial charge on any atom is 0.306 e. The molecule has 0 saturated carbocycles. The molecule has 0 aromatic rings. The fourth-order valence-corrected chi connectivity index (χ4v) is 10.5. The minimum absolute atomic E-state index is 0.0757. The maximum absolute atomic E-state index is 12.9. The van der Waals surface area contributed by atoms with Crippen LogP contribution < -0.4 is 0 Å². The van der Waals surface area contributed by atoms with Gasteiger partial charge in [-0.3, -0.25) is 14.4 Å². The Bertz CT molecular complexity index is 1570. The number of carbonyl (C=O) groups is 3. The standard InChI is InChI=1S/C77H136O6/c1-4-7-10-13-16-19-22-25-28-30-31-32-33-34-35-36-37-38-39-40-41-42-43-44-45-46-47-48-50-52-55-58-61-64-67-70-76(79)82-73-74(72-81-75(78)69-66-63-60-57-54-51-27-24-21-18-15-12-9-6-3)83-77(80)71-68-65-62-59-56-53-49-29-26-23-20-17-14-11-8-5-2/h7,10,16,19-20,23,25,28-29,31-32,34-35,49,74H,4-6,8-9,11-15,17-18,21-22,24,26-27,30,33,36-48,50-73H2,1-3H3/b10-7-,19-16-,23-20-,28-25-,32-31-,35-34-,49-29-. The van der Waals surface area contributed by atoms with E-state index in [0.29, 0.717) is 19.3 Å². The number of rotatable bonds is 66. The summed E-state index contributed by atoms with van der Waals surface area (Å²) in [6, 6.07) is 0. The summed E-state index contributed by atoms with van der Waals surface area (Å²) in [6.45, 7) is 6.55. The van der Waals surface area contributed by atoms with Gasteiger partial charge in [0.15, 0.2) is 6.10 Å². The molecule has 0 aromatic carbocycles. The van der Waals surface area contributed by atoms with E-state index < -0.39 is 6.10 Å². The first kappa shape index (κ1) is 79.6. The lowest BCUT2D eigenvalue weighted by Crippen LogP contribution is -2.30. The largest absolute Gasteiger partial charge is 0.462 e. The van der Waals surface area contributed by atoms with Gasteiger partial charge in [0.2, 0.25) is 0 Å². The van der Waals surface area contributed by atoms with Crippen molar-refractivity contribution in [3.8, 4) is 0 Å². The summed E-state index contributed by atoms with van der Waals surface area (Å²) in [5.41, 5.74) is 0. The zero-order valence-electron chi connectivity index (χ0n) is 55.2. The predicted octanol–water partition coefficient (Wildman–Crippen LogP) is 25.0. The molecule has 0 rings (SSSR count). The van der Waals surface area contributed by atoms with Gasteiger partial charge < -0.3 is 14.2 Å². The molecule has 0 aliphatic rings. The summed E-state index contributed by atoms with van der Waals surface area (Å²) in [5, 5.41) is 0. The Balaban J connectivity index is 4.13. The molecule has 0 spiro atoms. The second-order valence-electron chi connectivity index (χ2n) is 24.1. The number of allylic oxidation sites excluding steroid dienone is 14. The molecule has 0 N–H and O–H groups in total. The number of esters is 3.